The number of rotatable bonds is 7. The molecule has 268 valence electrons. The molecule has 0 aromatic carbocycles. The molecular weight excluding hydrogens is 664 g/mol. The Morgan fingerprint density at radius 1 is 0.854 bits per heavy atom. The number of aromatic nitrogens is 1. The highest BCUT2D eigenvalue weighted by Gasteiger charge is 2.71. The van der Waals surface area contributed by atoms with E-state index in [9.17, 15) is 9.59 Å². The number of allylic oxidation sites excluding steroid dienone is 1. The quantitative estimate of drug-likeness (QED) is 0.160. The molecule has 5 aliphatic carbocycles. The Kier molecular flexibility index (Phi) is 10.1. The highest BCUT2D eigenvalue weighted by molar-refractivity contribution is 8.93. The van der Waals surface area contributed by atoms with Gasteiger partial charge in [-0.05, 0) is 116 Å². The minimum atomic E-state index is -0.154. The van der Waals surface area contributed by atoms with Crippen molar-refractivity contribution in [3.05, 3.63) is 36.7 Å². The van der Waals surface area contributed by atoms with E-state index < -0.39 is 0 Å². The first-order valence-corrected chi connectivity index (χ1v) is 18.6. The van der Waals surface area contributed by atoms with E-state index in [1.165, 1.54) is 43.4 Å². The number of carbonyl (C=O) groups excluding carboxylic acids is 2. The van der Waals surface area contributed by atoms with Crippen molar-refractivity contribution in [3.63, 3.8) is 0 Å². The van der Waals surface area contributed by atoms with Crippen molar-refractivity contribution in [3.8, 4) is 0 Å². The Bertz CT molecular complexity index is 1390. The second-order valence-corrected chi connectivity index (χ2v) is 18.2. The van der Waals surface area contributed by atoms with Gasteiger partial charge in [-0.1, -0.05) is 41.2 Å². The maximum Gasteiger partial charge on any atom is 0.302 e. The zero-order valence-electron chi connectivity index (χ0n) is 31.4. The van der Waals surface area contributed by atoms with E-state index >= 15 is 0 Å². The van der Waals surface area contributed by atoms with Crippen LogP contribution in [0, 0.1) is 56.7 Å². The normalized spacial score (nSPS) is 40.9. The molecule has 0 saturated heterocycles. The molecule has 0 bridgehead atoms. The van der Waals surface area contributed by atoms with Gasteiger partial charge in [0.25, 0.3) is 0 Å². The highest BCUT2D eigenvalue weighted by atomic mass is 79.9. The first-order valence-electron chi connectivity index (χ1n) is 18.6. The fraction of sp³-hybridized carbons (Fsp3) is 0.780. The number of nitrogens with zero attached hydrogens (tertiary/aromatic N) is 2. The van der Waals surface area contributed by atoms with E-state index in [1.54, 1.807) is 13.8 Å². The third-order valence-electron chi connectivity index (χ3n) is 15.7. The Morgan fingerprint density at radius 2 is 1.54 bits per heavy atom. The molecule has 7 heteroatoms. The average Bonchev–Trinajstić information content (AvgIpc) is 3.38. The molecule has 0 amide bonds. The van der Waals surface area contributed by atoms with Crippen LogP contribution in [-0.4, -0.2) is 38.7 Å². The lowest BCUT2D eigenvalue weighted by molar-refractivity contribution is -0.689. The monoisotopic (exact) mass is 727 g/mol. The molecule has 5 aliphatic rings. The molecule has 4 unspecified atom stereocenters. The maximum absolute atomic E-state index is 12.2. The lowest BCUT2D eigenvalue weighted by Gasteiger charge is -2.73. The Hall–Kier alpha value is -1.89. The van der Waals surface area contributed by atoms with Crippen LogP contribution in [-0.2, 0) is 25.6 Å². The third-order valence-corrected chi connectivity index (χ3v) is 15.7. The fourth-order valence-corrected chi connectivity index (χ4v) is 13.3. The van der Waals surface area contributed by atoms with Crippen LogP contribution in [0.5, 0.6) is 0 Å². The number of halogens is 1. The van der Waals surface area contributed by atoms with Gasteiger partial charge < -0.3 is 14.4 Å². The van der Waals surface area contributed by atoms with Gasteiger partial charge in [0.1, 0.15) is 6.10 Å². The van der Waals surface area contributed by atoms with Crippen LogP contribution in [0.3, 0.4) is 0 Å². The summed E-state index contributed by atoms with van der Waals surface area (Å²) in [6, 6.07) is 4.37. The van der Waals surface area contributed by atoms with Gasteiger partial charge in [-0.2, -0.15) is 0 Å². The summed E-state index contributed by atoms with van der Waals surface area (Å²) in [4.78, 5) is 26.4. The van der Waals surface area contributed by atoms with E-state index in [2.05, 4.69) is 82.7 Å². The Morgan fingerprint density at radius 3 is 2.17 bits per heavy atom. The van der Waals surface area contributed by atoms with Crippen molar-refractivity contribution in [2.24, 2.45) is 56.7 Å². The van der Waals surface area contributed by atoms with Crippen LogP contribution in [0.1, 0.15) is 113 Å². The van der Waals surface area contributed by atoms with Crippen molar-refractivity contribution in [1.82, 2.24) is 0 Å². The smallest absolute Gasteiger partial charge is 0.302 e. The molecule has 48 heavy (non-hydrogen) atoms. The summed E-state index contributed by atoms with van der Waals surface area (Å²) >= 11 is 0. The van der Waals surface area contributed by atoms with Crippen LogP contribution >= 0.6 is 17.0 Å². The molecule has 0 aliphatic heterocycles. The van der Waals surface area contributed by atoms with Crippen molar-refractivity contribution in [2.45, 2.75) is 125 Å². The molecule has 0 N–H and O–H groups in total. The van der Waals surface area contributed by atoms with Gasteiger partial charge in [0, 0.05) is 56.6 Å². The minimum absolute atomic E-state index is 0. The number of hydrogen-bond donors (Lipinski definition) is 0. The van der Waals surface area contributed by atoms with Crippen LogP contribution in [0.15, 0.2) is 36.7 Å². The number of anilines is 1. The Balaban J connectivity index is 0.00000451. The van der Waals surface area contributed by atoms with Crippen LogP contribution in [0.4, 0.5) is 5.69 Å². The summed E-state index contributed by atoms with van der Waals surface area (Å²) in [5.41, 5.74) is 3.24. The highest BCUT2D eigenvalue weighted by Crippen LogP contribution is 2.77. The molecule has 5 fully saturated rings. The first-order chi connectivity index (χ1) is 22.0. The summed E-state index contributed by atoms with van der Waals surface area (Å²) in [6.07, 6.45) is 16.1. The molecule has 6 rings (SSSR count). The molecule has 10 atom stereocenters. The number of ether oxygens (including phenoxy) is 2. The molecule has 1 aromatic rings. The number of pyridine rings is 1. The van der Waals surface area contributed by atoms with Gasteiger partial charge in [-0.15, -0.1) is 17.0 Å². The lowest BCUT2D eigenvalue weighted by atomic mass is 9.32. The van der Waals surface area contributed by atoms with E-state index in [0.29, 0.717) is 36.2 Å². The average molecular weight is 729 g/mol. The molecule has 5 saturated carbocycles. The van der Waals surface area contributed by atoms with E-state index in [4.69, 9.17) is 16.1 Å². The molecule has 1 aromatic heterocycles. The maximum atomic E-state index is 12.2. The summed E-state index contributed by atoms with van der Waals surface area (Å²) in [7, 11) is 4.16. The van der Waals surface area contributed by atoms with Crippen LogP contribution in [0.25, 0.3) is 0 Å². The topological polar surface area (TPSA) is 59.7 Å². The number of esters is 2. The SMILES string of the molecule is Br.C=C(C[n+]1ccc(N(C)C)cc1)[C@@H]1CC[C@]2(COC(C)=O)CC[C@]3(C)C(CCC4[C@@]5(C)CC[C@H](OC(C)=O)C(C)(C)C5CC[C@]43C)C12. The van der Waals surface area contributed by atoms with Gasteiger partial charge in [0.15, 0.2) is 18.9 Å². The standard InChI is InChI=1S/C41H63N2O4.BrH/c1-27(25-43-23-16-30(17-24-43)42(9)10)31-13-20-41(26-46-28(2)44)22-21-39(7)32(36(31)41)11-12-34-38(6)18-15-35(47-29(3)45)37(4,5)33(38)14-19-40(34,39)8;/h16-17,23-24,31-36H,1,11-15,18-22,25-26H2,2-10H3;1H/q+1;/t31-,32?,33?,34?,35-,36?,38-,39+,40+,41+;/m0./s1. The van der Waals surface area contributed by atoms with Crippen molar-refractivity contribution >= 4 is 34.6 Å². The van der Waals surface area contributed by atoms with Crippen LogP contribution in [0.2, 0.25) is 0 Å². The molecule has 1 heterocycles. The van der Waals surface area contributed by atoms with Crippen molar-refractivity contribution < 1.29 is 23.6 Å². The van der Waals surface area contributed by atoms with Gasteiger partial charge in [-0.3, -0.25) is 9.59 Å². The van der Waals surface area contributed by atoms with Crippen molar-refractivity contribution in [1.29, 1.82) is 0 Å². The molecule has 0 spiro atoms. The van der Waals surface area contributed by atoms with Gasteiger partial charge in [0.05, 0.1) is 6.61 Å². The first kappa shape index (κ1) is 37.4. The van der Waals surface area contributed by atoms with Gasteiger partial charge in [0.2, 0.25) is 0 Å². The summed E-state index contributed by atoms with van der Waals surface area (Å²) in [5, 5.41) is 0. The second kappa shape index (κ2) is 13.0. The third kappa shape index (κ3) is 5.78. The summed E-state index contributed by atoms with van der Waals surface area (Å²) in [5.74, 6) is 2.41. The summed E-state index contributed by atoms with van der Waals surface area (Å²) in [6.45, 7) is 22.0. The predicted molar refractivity (Wildman–Crippen MR) is 197 cm³/mol. The van der Waals surface area contributed by atoms with E-state index in [0.717, 1.165) is 38.6 Å². The zero-order valence-corrected chi connectivity index (χ0v) is 33.1. The molecule has 0 radical (unpaired) electrons. The summed E-state index contributed by atoms with van der Waals surface area (Å²) < 4.78 is 14.2. The van der Waals surface area contributed by atoms with Gasteiger partial charge >= 0.3 is 11.9 Å². The predicted octanol–water partition coefficient (Wildman–Crippen LogP) is 8.75. The molecular formula is C41H64BrN2O4+. The zero-order chi connectivity index (χ0) is 34.2. The second-order valence-electron chi connectivity index (χ2n) is 18.2. The minimum Gasteiger partial charge on any atom is -0.465 e. The number of hydrogen-bond acceptors (Lipinski definition) is 5. The Labute approximate surface area is 301 Å². The van der Waals surface area contributed by atoms with Crippen molar-refractivity contribution in [2.75, 3.05) is 25.6 Å². The number of carbonyl (C=O) groups is 2. The van der Waals surface area contributed by atoms with E-state index in [-0.39, 0.29) is 62.1 Å². The molecule has 6 nitrogen and oxygen atoms in total. The van der Waals surface area contributed by atoms with E-state index in [1.807, 2.05) is 0 Å². The fourth-order valence-electron chi connectivity index (χ4n) is 13.3. The number of fused-ring (bicyclic) bond motifs is 7. The van der Waals surface area contributed by atoms with Crippen LogP contribution < -0.4 is 9.47 Å². The lowest BCUT2D eigenvalue weighted by Crippen LogP contribution is -2.67. The largest absolute Gasteiger partial charge is 0.465 e. The van der Waals surface area contributed by atoms with Gasteiger partial charge in [-0.25, -0.2) is 4.57 Å².